The van der Waals surface area contributed by atoms with E-state index in [0.29, 0.717) is 24.7 Å². The molecule has 2 unspecified atom stereocenters. The number of hydrogen-bond acceptors (Lipinski definition) is 7. The van der Waals surface area contributed by atoms with Crippen molar-refractivity contribution in [3.05, 3.63) is 53.3 Å². The zero-order chi connectivity index (χ0) is 25.8. The fourth-order valence-electron chi connectivity index (χ4n) is 5.11. The molecular formula is C27H34N6O4. The molecule has 1 aliphatic heterocycles. The molecule has 3 aromatic rings. The maximum Gasteiger partial charge on any atom is 0.247 e. The van der Waals surface area contributed by atoms with E-state index in [0.717, 1.165) is 55.4 Å². The molecule has 37 heavy (non-hydrogen) atoms. The summed E-state index contributed by atoms with van der Waals surface area (Å²) in [6, 6.07) is 10.7. The van der Waals surface area contributed by atoms with Gasteiger partial charge in [-0.15, -0.1) is 10.2 Å². The summed E-state index contributed by atoms with van der Waals surface area (Å²) in [7, 11) is 0. The number of tetrazole rings is 1. The van der Waals surface area contributed by atoms with Gasteiger partial charge in [0.1, 0.15) is 18.3 Å². The van der Waals surface area contributed by atoms with Crippen molar-refractivity contribution in [2.75, 3.05) is 13.2 Å². The van der Waals surface area contributed by atoms with Crippen molar-refractivity contribution in [1.82, 2.24) is 30.4 Å². The average Bonchev–Trinajstić information content (AvgIpc) is 3.69. The lowest BCUT2D eigenvalue weighted by atomic mass is 10.0. The summed E-state index contributed by atoms with van der Waals surface area (Å²) in [5.41, 5.74) is 1.86. The number of amides is 2. The first-order valence-electron chi connectivity index (χ1n) is 13.1. The van der Waals surface area contributed by atoms with Crippen LogP contribution in [0.1, 0.15) is 61.5 Å². The number of ether oxygens (including phenoxy) is 1. The van der Waals surface area contributed by atoms with Gasteiger partial charge in [-0.25, -0.2) is 0 Å². The largest absolute Gasteiger partial charge is 0.458 e. The van der Waals surface area contributed by atoms with Gasteiger partial charge < -0.3 is 19.4 Å². The van der Waals surface area contributed by atoms with E-state index in [1.807, 2.05) is 44.2 Å². The molecule has 10 heteroatoms. The van der Waals surface area contributed by atoms with Crippen LogP contribution in [0.4, 0.5) is 0 Å². The predicted molar refractivity (Wildman–Crippen MR) is 135 cm³/mol. The van der Waals surface area contributed by atoms with Gasteiger partial charge in [0.2, 0.25) is 17.6 Å². The molecule has 10 nitrogen and oxygen atoms in total. The summed E-state index contributed by atoms with van der Waals surface area (Å²) in [4.78, 5) is 30.4. The van der Waals surface area contributed by atoms with E-state index in [9.17, 15) is 9.59 Å². The SMILES string of the molecule is Cc1ccc(C(C(=O)NC2CCCC2)N(CC2CCCO2)C(=O)Cn2nnc(-c3ccc(C)o3)n2)cc1. The van der Waals surface area contributed by atoms with Gasteiger partial charge in [-0.2, -0.15) is 4.80 Å². The quantitative estimate of drug-likeness (QED) is 0.473. The van der Waals surface area contributed by atoms with Gasteiger partial charge in [0.05, 0.1) is 6.10 Å². The molecule has 1 N–H and O–H groups in total. The minimum absolute atomic E-state index is 0.124. The van der Waals surface area contributed by atoms with Crippen LogP contribution in [-0.2, 0) is 20.9 Å². The number of nitrogens with zero attached hydrogens (tertiary/aromatic N) is 5. The van der Waals surface area contributed by atoms with Crippen LogP contribution in [0, 0.1) is 13.8 Å². The van der Waals surface area contributed by atoms with Crippen molar-refractivity contribution < 1.29 is 18.7 Å². The van der Waals surface area contributed by atoms with E-state index in [4.69, 9.17) is 9.15 Å². The molecule has 1 aromatic carbocycles. The lowest BCUT2D eigenvalue weighted by Crippen LogP contribution is -2.49. The zero-order valence-electron chi connectivity index (χ0n) is 21.4. The number of carbonyl (C=O) groups is 2. The molecule has 3 heterocycles. The Morgan fingerprint density at radius 2 is 1.86 bits per heavy atom. The second-order valence-corrected chi connectivity index (χ2v) is 10.0. The van der Waals surface area contributed by atoms with Gasteiger partial charge in [-0.1, -0.05) is 42.7 Å². The molecule has 2 aliphatic rings. The molecule has 0 radical (unpaired) electrons. The molecular weight excluding hydrogens is 472 g/mol. The highest BCUT2D eigenvalue weighted by molar-refractivity contribution is 5.89. The average molecular weight is 507 g/mol. The Morgan fingerprint density at radius 1 is 1.08 bits per heavy atom. The molecule has 2 amide bonds. The first-order chi connectivity index (χ1) is 18.0. The summed E-state index contributed by atoms with van der Waals surface area (Å²) in [6.45, 7) is 4.66. The van der Waals surface area contributed by atoms with E-state index in [1.165, 1.54) is 4.80 Å². The lowest BCUT2D eigenvalue weighted by Gasteiger charge is -2.33. The summed E-state index contributed by atoms with van der Waals surface area (Å²) >= 11 is 0. The summed E-state index contributed by atoms with van der Waals surface area (Å²) < 4.78 is 11.5. The first-order valence-corrected chi connectivity index (χ1v) is 13.1. The molecule has 0 spiro atoms. The molecule has 0 bridgehead atoms. The minimum atomic E-state index is -0.784. The molecule has 5 rings (SSSR count). The van der Waals surface area contributed by atoms with Crippen molar-refractivity contribution >= 4 is 11.8 Å². The van der Waals surface area contributed by atoms with Crippen LogP contribution in [0.5, 0.6) is 0 Å². The number of furan rings is 1. The summed E-state index contributed by atoms with van der Waals surface area (Å²) in [5, 5.41) is 15.7. The Balaban J connectivity index is 1.42. The maximum absolute atomic E-state index is 13.8. The highest BCUT2D eigenvalue weighted by Gasteiger charge is 2.35. The van der Waals surface area contributed by atoms with Gasteiger partial charge in [0.25, 0.3) is 0 Å². The smallest absolute Gasteiger partial charge is 0.247 e. The predicted octanol–water partition coefficient (Wildman–Crippen LogP) is 3.36. The van der Waals surface area contributed by atoms with Crippen molar-refractivity contribution in [3.8, 4) is 11.6 Å². The second-order valence-electron chi connectivity index (χ2n) is 10.0. The van der Waals surface area contributed by atoms with Crippen LogP contribution in [0.2, 0.25) is 0 Å². The van der Waals surface area contributed by atoms with E-state index >= 15 is 0 Å². The Kier molecular flexibility index (Phi) is 7.64. The van der Waals surface area contributed by atoms with Crippen LogP contribution < -0.4 is 5.32 Å². The Morgan fingerprint density at radius 3 is 2.54 bits per heavy atom. The van der Waals surface area contributed by atoms with Gasteiger partial charge in [0, 0.05) is 19.2 Å². The molecule has 1 aliphatic carbocycles. The van der Waals surface area contributed by atoms with Gasteiger partial charge in [-0.3, -0.25) is 9.59 Å². The fourth-order valence-corrected chi connectivity index (χ4v) is 5.11. The maximum atomic E-state index is 13.8. The minimum Gasteiger partial charge on any atom is -0.458 e. The fraction of sp³-hybridized carbons (Fsp3) is 0.519. The lowest BCUT2D eigenvalue weighted by molar-refractivity contribution is -0.143. The third-order valence-corrected chi connectivity index (χ3v) is 7.09. The Bertz CT molecular complexity index is 1210. The molecule has 2 atom stereocenters. The second kappa shape index (κ2) is 11.2. The van der Waals surface area contributed by atoms with E-state index < -0.39 is 6.04 Å². The van der Waals surface area contributed by atoms with Crippen LogP contribution in [0.25, 0.3) is 11.6 Å². The molecule has 196 valence electrons. The van der Waals surface area contributed by atoms with Crippen LogP contribution in [-0.4, -0.2) is 62.2 Å². The van der Waals surface area contributed by atoms with Gasteiger partial charge in [-0.05, 0) is 62.4 Å². The number of aryl methyl sites for hydroxylation is 2. The molecule has 1 saturated carbocycles. The summed E-state index contributed by atoms with van der Waals surface area (Å²) in [5.74, 6) is 1.09. The number of rotatable bonds is 9. The van der Waals surface area contributed by atoms with E-state index in [-0.39, 0.29) is 30.5 Å². The zero-order valence-corrected chi connectivity index (χ0v) is 21.4. The van der Waals surface area contributed by atoms with E-state index in [2.05, 4.69) is 20.7 Å². The molecule has 2 fully saturated rings. The summed E-state index contributed by atoms with van der Waals surface area (Å²) in [6.07, 6.45) is 5.79. The number of hydrogen-bond donors (Lipinski definition) is 1. The highest BCUT2D eigenvalue weighted by Crippen LogP contribution is 2.27. The normalized spacial score (nSPS) is 18.7. The Labute approximate surface area is 216 Å². The van der Waals surface area contributed by atoms with Gasteiger partial charge in [0.15, 0.2) is 5.76 Å². The molecule has 2 aromatic heterocycles. The standard InChI is InChI=1S/C27H34N6O4/c1-18-9-12-20(13-10-18)25(27(35)28-21-6-3-4-7-21)32(16-22-8-5-15-36-22)24(34)17-33-30-26(29-31-33)23-14-11-19(2)37-23/h9-14,21-22,25H,3-8,15-17H2,1-2H3,(H,28,35). The van der Waals surface area contributed by atoms with Crippen LogP contribution in [0.15, 0.2) is 40.8 Å². The van der Waals surface area contributed by atoms with Crippen molar-refractivity contribution in [2.45, 2.75) is 77.1 Å². The van der Waals surface area contributed by atoms with Crippen LogP contribution in [0.3, 0.4) is 0 Å². The number of aromatic nitrogens is 4. The Hall–Kier alpha value is -3.53. The first kappa shape index (κ1) is 25.1. The van der Waals surface area contributed by atoms with Crippen molar-refractivity contribution in [2.24, 2.45) is 0 Å². The topological polar surface area (TPSA) is 115 Å². The molecule has 1 saturated heterocycles. The third-order valence-electron chi connectivity index (χ3n) is 7.09. The van der Waals surface area contributed by atoms with Crippen LogP contribution >= 0.6 is 0 Å². The van der Waals surface area contributed by atoms with Crippen molar-refractivity contribution in [1.29, 1.82) is 0 Å². The van der Waals surface area contributed by atoms with Crippen molar-refractivity contribution in [3.63, 3.8) is 0 Å². The van der Waals surface area contributed by atoms with E-state index in [1.54, 1.807) is 11.0 Å². The number of nitrogens with one attached hydrogen (secondary N) is 1. The number of carbonyl (C=O) groups excluding carboxylic acids is 2. The number of benzene rings is 1. The monoisotopic (exact) mass is 506 g/mol. The third kappa shape index (κ3) is 6.07. The van der Waals surface area contributed by atoms with Gasteiger partial charge >= 0.3 is 0 Å². The highest BCUT2D eigenvalue weighted by atomic mass is 16.5.